The summed E-state index contributed by atoms with van der Waals surface area (Å²) in [6, 6.07) is 4.29. The molecule has 1 amide bonds. The number of nitrogens with zero attached hydrogens (tertiary/aromatic N) is 1. The first-order chi connectivity index (χ1) is 11.5. The second-order valence-electron chi connectivity index (χ2n) is 6.12. The number of hydrogen-bond acceptors (Lipinski definition) is 3. The maximum absolute atomic E-state index is 13.5. The fraction of sp³-hybridized carbons (Fsp3) is 0.500. The van der Waals surface area contributed by atoms with Crippen molar-refractivity contribution < 1.29 is 18.4 Å². The normalized spacial score (nSPS) is 16.2. The lowest BCUT2D eigenvalue weighted by Crippen LogP contribution is -2.40. The molecule has 128 valence electrons. The van der Waals surface area contributed by atoms with Crippen LogP contribution < -0.4 is 5.32 Å². The van der Waals surface area contributed by atoms with Crippen molar-refractivity contribution in [3.05, 3.63) is 35.4 Å². The van der Waals surface area contributed by atoms with Crippen LogP contribution in [0.25, 0.3) is 0 Å². The third-order valence-corrected chi connectivity index (χ3v) is 4.39. The van der Waals surface area contributed by atoms with Crippen LogP contribution in [0.15, 0.2) is 18.2 Å². The Bertz CT molecular complexity index is 649. The molecular weight excluding hydrogens is 314 g/mol. The van der Waals surface area contributed by atoms with E-state index in [2.05, 4.69) is 11.4 Å². The van der Waals surface area contributed by atoms with E-state index in [1.165, 1.54) is 0 Å². The molecule has 6 heteroatoms. The summed E-state index contributed by atoms with van der Waals surface area (Å²) in [5.74, 6) is -2.50. The van der Waals surface area contributed by atoms with Crippen LogP contribution in [0.5, 0.6) is 0 Å². The minimum absolute atomic E-state index is 0.124. The molecule has 0 radical (unpaired) electrons. The first-order valence-electron chi connectivity index (χ1n) is 8.18. The standard InChI is InChI=1S/C18H20F2N2O2/c19-13-6-7-14(15(20)10-13)17(23)8-9-18(24)22-16(11-21)12-4-2-1-3-5-12/h6-7,10,12,16H,1-5,8-9H2,(H,22,24)/t16-/m1/s1. The zero-order valence-corrected chi connectivity index (χ0v) is 13.4. The SMILES string of the molecule is N#C[C@@H](NC(=O)CCC(=O)c1ccc(F)cc1F)C1CCCCC1. The molecule has 1 aromatic carbocycles. The Morgan fingerprint density at radius 3 is 2.54 bits per heavy atom. The van der Waals surface area contributed by atoms with Crippen molar-refractivity contribution in [2.24, 2.45) is 5.92 Å². The van der Waals surface area contributed by atoms with Gasteiger partial charge in [-0.2, -0.15) is 5.26 Å². The molecule has 0 heterocycles. The van der Waals surface area contributed by atoms with E-state index in [0.29, 0.717) is 6.07 Å². The van der Waals surface area contributed by atoms with Gasteiger partial charge in [-0.15, -0.1) is 0 Å². The Morgan fingerprint density at radius 2 is 1.92 bits per heavy atom. The summed E-state index contributed by atoms with van der Waals surface area (Å²) in [5, 5.41) is 11.9. The van der Waals surface area contributed by atoms with Crippen LogP contribution in [0.4, 0.5) is 8.78 Å². The van der Waals surface area contributed by atoms with Crippen LogP contribution in [0.1, 0.15) is 55.3 Å². The van der Waals surface area contributed by atoms with E-state index >= 15 is 0 Å². The third kappa shape index (κ3) is 4.85. The molecule has 1 aromatic rings. The van der Waals surface area contributed by atoms with E-state index in [9.17, 15) is 23.6 Å². The molecule has 0 bridgehead atoms. The van der Waals surface area contributed by atoms with Gasteiger partial charge in [-0.25, -0.2) is 8.78 Å². The number of ketones is 1. The van der Waals surface area contributed by atoms with Gasteiger partial charge in [-0.05, 0) is 30.9 Å². The summed E-state index contributed by atoms with van der Waals surface area (Å²) in [7, 11) is 0. The first kappa shape index (κ1) is 18.1. The van der Waals surface area contributed by atoms with Gasteiger partial charge in [0, 0.05) is 18.9 Å². The topological polar surface area (TPSA) is 70.0 Å². The highest BCUT2D eigenvalue weighted by Crippen LogP contribution is 2.26. The molecule has 4 nitrogen and oxygen atoms in total. The number of halogens is 2. The zero-order chi connectivity index (χ0) is 17.5. The lowest BCUT2D eigenvalue weighted by molar-refractivity contribution is -0.121. The maximum Gasteiger partial charge on any atom is 0.221 e. The van der Waals surface area contributed by atoms with Gasteiger partial charge in [0.05, 0.1) is 11.6 Å². The summed E-state index contributed by atoms with van der Waals surface area (Å²) in [4.78, 5) is 23.9. The summed E-state index contributed by atoms with van der Waals surface area (Å²) in [6.07, 6.45) is 4.79. The quantitative estimate of drug-likeness (QED) is 0.809. The van der Waals surface area contributed by atoms with E-state index in [0.717, 1.165) is 44.2 Å². The highest BCUT2D eigenvalue weighted by Gasteiger charge is 2.25. The molecule has 24 heavy (non-hydrogen) atoms. The molecule has 0 unspecified atom stereocenters. The Morgan fingerprint density at radius 1 is 1.21 bits per heavy atom. The number of carbonyl (C=O) groups excluding carboxylic acids is 2. The van der Waals surface area contributed by atoms with Crippen LogP contribution in [-0.4, -0.2) is 17.7 Å². The Balaban J connectivity index is 1.85. The van der Waals surface area contributed by atoms with Crippen molar-refractivity contribution in [3.63, 3.8) is 0 Å². The molecule has 0 saturated heterocycles. The van der Waals surface area contributed by atoms with Crippen molar-refractivity contribution in [2.45, 2.75) is 51.0 Å². The molecule has 1 aliphatic rings. The highest BCUT2D eigenvalue weighted by molar-refractivity contribution is 5.98. The maximum atomic E-state index is 13.5. The fourth-order valence-corrected chi connectivity index (χ4v) is 3.05. The molecule has 1 atom stereocenters. The number of hydrogen-bond donors (Lipinski definition) is 1. The second-order valence-corrected chi connectivity index (χ2v) is 6.12. The van der Waals surface area contributed by atoms with Gasteiger partial charge in [-0.3, -0.25) is 9.59 Å². The van der Waals surface area contributed by atoms with E-state index in [-0.39, 0.29) is 24.3 Å². The number of benzene rings is 1. The Labute approximate surface area is 139 Å². The van der Waals surface area contributed by atoms with Crippen LogP contribution in [0.2, 0.25) is 0 Å². The summed E-state index contributed by atoms with van der Waals surface area (Å²) >= 11 is 0. The van der Waals surface area contributed by atoms with Gasteiger partial charge in [0.15, 0.2) is 5.78 Å². The van der Waals surface area contributed by atoms with Gasteiger partial charge >= 0.3 is 0 Å². The Hall–Kier alpha value is -2.29. The molecule has 0 aromatic heterocycles. The number of rotatable bonds is 6. The molecule has 0 spiro atoms. The molecule has 1 fully saturated rings. The summed E-state index contributed by atoms with van der Waals surface area (Å²) in [6.45, 7) is 0. The van der Waals surface area contributed by atoms with Crippen LogP contribution in [0.3, 0.4) is 0 Å². The van der Waals surface area contributed by atoms with Crippen molar-refractivity contribution >= 4 is 11.7 Å². The third-order valence-electron chi connectivity index (χ3n) is 4.39. The summed E-state index contributed by atoms with van der Waals surface area (Å²) in [5.41, 5.74) is -0.228. The first-order valence-corrected chi connectivity index (χ1v) is 8.18. The summed E-state index contributed by atoms with van der Waals surface area (Å²) < 4.78 is 26.4. The van der Waals surface area contributed by atoms with Crippen LogP contribution in [-0.2, 0) is 4.79 Å². The number of nitriles is 1. The van der Waals surface area contributed by atoms with E-state index in [1.54, 1.807) is 0 Å². The van der Waals surface area contributed by atoms with Crippen molar-refractivity contribution in [1.82, 2.24) is 5.32 Å². The highest BCUT2D eigenvalue weighted by atomic mass is 19.1. The smallest absolute Gasteiger partial charge is 0.221 e. The predicted molar refractivity (Wildman–Crippen MR) is 84.0 cm³/mol. The van der Waals surface area contributed by atoms with Crippen LogP contribution >= 0.6 is 0 Å². The Kier molecular flexibility index (Phi) is 6.42. The van der Waals surface area contributed by atoms with E-state index in [4.69, 9.17) is 0 Å². The van der Waals surface area contributed by atoms with Gasteiger partial charge in [0.1, 0.15) is 17.7 Å². The second kappa shape index (κ2) is 8.53. The molecule has 1 saturated carbocycles. The largest absolute Gasteiger partial charge is 0.340 e. The minimum atomic E-state index is -0.933. The van der Waals surface area contributed by atoms with Crippen molar-refractivity contribution in [3.8, 4) is 6.07 Å². The molecule has 1 N–H and O–H groups in total. The van der Waals surface area contributed by atoms with E-state index in [1.807, 2.05) is 0 Å². The molecule has 0 aliphatic heterocycles. The van der Waals surface area contributed by atoms with Crippen LogP contribution in [0, 0.1) is 28.9 Å². The number of amides is 1. The monoisotopic (exact) mass is 334 g/mol. The number of nitrogens with one attached hydrogen (secondary N) is 1. The molecule has 1 aliphatic carbocycles. The predicted octanol–water partition coefficient (Wildman–Crippen LogP) is 3.52. The lowest BCUT2D eigenvalue weighted by atomic mass is 9.84. The van der Waals surface area contributed by atoms with Gasteiger partial charge < -0.3 is 5.32 Å². The van der Waals surface area contributed by atoms with Gasteiger partial charge in [-0.1, -0.05) is 19.3 Å². The number of Topliss-reactive ketones (excluding diaryl/α,β-unsaturated/α-hetero) is 1. The van der Waals surface area contributed by atoms with Gasteiger partial charge in [0.25, 0.3) is 0 Å². The van der Waals surface area contributed by atoms with Crippen molar-refractivity contribution in [2.75, 3.05) is 0 Å². The average Bonchev–Trinajstić information content (AvgIpc) is 2.58. The molecule has 2 rings (SSSR count). The number of carbonyl (C=O) groups is 2. The zero-order valence-electron chi connectivity index (χ0n) is 13.4. The van der Waals surface area contributed by atoms with Crippen molar-refractivity contribution in [1.29, 1.82) is 5.26 Å². The van der Waals surface area contributed by atoms with Gasteiger partial charge in [0.2, 0.25) is 5.91 Å². The average molecular weight is 334 g/mol. The molecular formula is C18H20F2N2O2. The van der Waals surface area contributed by atoms with E-state index < -0.39 is 29.4 Å². The fourth-order valence-electron chi connectivity index (χ4n) is 3.05. The lowest BCUT2D eigenvalue weighted by Gasteiger charge is -2.26. The minimum Gasteiger partial charge on any atom is -0.340 e.